The number of hydrogen-bond acceptors (Lipinski definition) is 2. The van der Waals surface area contributed by atoms with E-state index in [4.69, 9.17) is 0 Å². The number of carbonyl (C=O) groups excluding carboxylic acids is 1. The Morgan fingerprint density at radius 3 is 2.50 bits per heavy atom. The minimum Gasteiger partial charge on any atom is -0.374 e. The van der Waals surface area contributed by atoms with Crippen LogP contribution in [0.3, 0.4) is 0 Å². The standard InChI is InChI=1S/C14H14NO/c1-3-15(2)13-9-5-7-11-6-4-8-12(10-16)14(11)13/h4-9H,3H2,1-2H3. The molecular weight excluding hydrogens is 198 g/mol. The van der Waals surface area contributed by atoms with Crippen molar-refractivity contribution in [1.29, 1.82) is 0 Å². The first-order valence-electron chi connectivity index (χ1n) is 5.39. The minimum atomic E-state index is 0.633. The highest BCUT2D eigenvalue weighted by Crippen LogP contribution is 2.28. The normalized spacial score (nSPS) is 10.4. The van der Waals surface area contributed by atoms with Gasteiger partial charge >= 0.3 is 0 Å². The van der Waals surface area contributed by atoms with Gasteiger partial charge in [-0.1, -0.05) is 30.3 Å². The number of nitrogens with zero attached hydrogens (tertiary/aromatic N) is 1. The highest BCUT2D eigenvalue weighted by atomic mass is 16.1. The fraction of sp³-hybridized carbons (Fsp3) is 0.214. The smallest absolute Gasteiger partial charge is 0.234 e. The average molecular weight is 212 g/mol. The zero-order chi connectivity index (χ0) is 11.5. The third-order valence-electron chi connectivity index (χ3n) is 2.88. The van der Waals surface area contributed by atoms with Crippen LogP contribution in [0.15, 0.2) is 36.4 Å². The van der Waals surface area contributed by atoms with Crippen LogP contribution in [-0.2, 0) is 4.79 Å². The van der Waals surface area contributed by atoms with Crippen LogP contribution in [0.25, 0.3) is 10.8 Å². The van der Waals surface area contributed by atoms with Gasteiger partial charge in [-0.3, -0.25) is 4.79 Å². The van der Waals surface area contributed by atoms with Crippen molar-refractivity contribution in [3.63, 3.8) is 0 Å². The molecule has 2 rings (SSSR count). The lowest BCUT2D eigenvalue weighted by atomic mass is 10.0. The molecule has 0 aliphatic rings. The van der Waals surface area contributed by atoms with Crippen molar-refractivity contribution >= 4 is 22.7 Å². The predicted octanol–water partition coefficient (Wildman–Crippen LogP) is 2.75. The molecule has 0 aromatic heterocycles. The van der Waals surface area contributed by atoms with Gasteiger partial charge in [0.25, 0.3) is 0 Å². The summed E-state index contributed by atoms with van der Waals surface area (Å²) in [7, 11) is 2.02. The van der Waals surface area contributed by atoms with Crippen molar-refractivity contribution in [3.8, 4) is 0 Å². The van der Waals surface area contributed by atoms with E-state index >= 15 is 0 Å². The van der Waals surface area contributed by atoms with Crippen molar-refractivity contribution in [2.75, 3.05) is 18.5 Å². The average Bonchev–Trinajstić information content (AvgIpc) is 2.36. The summed E-state index contributed by atoms with van der Waals surface area (Å²) < 4.78 is 0. The Kier molecular flexibility index (Phi) is 2.91. The Morgan fingerprint density at radius 1 is 1.19 bits per heavy atom. The van der Waals surface area contributed by atoms with Crippen molar-refractivity contribution in [2.24, 2.45) is 0 Å². The molecular formula is C14H14NO. The van der Waals surface area contributed by atoms with Crippen molar-refractivity contribution < 1.29 is 4.79 Å². The molecule has 0 saturated heterocycles. The van der Waals surface area contributed by atoms with Gasteiger partial charge in [0.2, 0.25) is 6.29 Å². The number of rotatable bonds is 3. The first kappa shape index (κ1) is 10.7. The Bertz CT molecular complexity index is 514. The van der Waals surface area contributed by atoms with Crippen LogP contribution in [0.4, 0.5) is 5.69 Å². The van der Waals surface area contributed by atoms with Gasteiger partial charge in [0.05, 0.1) is 0 Å². The van der Waals surface area contributed by atoms with Crippen LogP contribution in [0, 0.1) is 0 Å². The van der Waals surface area contributed by atoms with Crippen LogP contribution in [0.1, 0.15) is 12.5 Å². The Hall–Kier alpha value is -1.83. The molecule has 0 spiro atoms. The van der Waals surface area contributed by atoms with Gasteiger partial charge in [-0.05, 0) is 18.4 Å². The molecule has 0 saturated carbocycles. The number of anilines is 1. The van der Waals surface area contributed by atoms with Gasteiger partial charge < -0.3 is 4.90 Å². The third kappa shape index (κ3) is 1.67. The molecule has 81 valence electrons. The van der Waals surface area contributed by atoms with Gasteiger partial charge in [-0.2, -0.15) is 0 Å². The van der Waals surface area contributed by atoms with E-state index < -0.39 is 0 Å². The number of fused-ring (bicyclic) bond motifs is 1. The summed E-state index contributed by atoms with van der Waals surface area (Å²) in [5, 5.41) is 2.07. The molecule has 0 amide bonds. The molecule has 0 aliphatic carbocycles. The maximum atomic E-state index is 10.9. The van der Waals surface area contributed by atoms with E-state index in [9.17, 15) is 4.79 Å². The maximum Gasteiger partial charge on any atom is 0.234 e. The quantitative estimate of drug-likeness (QED) is 0.779. The zero-order valence-corrected chi connectivity index (χ0v) is 9.53. The number of hydrogen-bond donors (Lipinski definition) is 0. The molecule has 2 aromatic carbocycles. The Balaban J connectivity index is 2.78. The Morgan fingerprint density at radius 2 is 1.88 bits per heavy atom. The van der Waals surface area contributed by atoms with Crippen molar-refractivity contribution in [1.82, 2.24) is 0 Å². The van der Waals surface area contributed by atoms with E-state index in [1.165, 1.54) is 0 Å². The fourth-order valence-electron chi connectivity index (χ4n) is 1.89. The van der Waals surface area contributed by atoms with E-state index in [-0.39, 0.29) is 0 Å². The molecule has 1 radical (unpaired) electrons. The zero-order valence-electron chi connectivity index (χ0n) is 9.53. The second-order valence-corrected chi connectivity index (χ2v) is 3.80. The highest BCUT2D eigenvalue weighted by Gasteiger charge is 2.08. The monoisotopic (exact) mass is 212 g/mol. The molecule has 2 heteroatoms. The summed E-state index contributed by atoms with van der Waals surface area (Å²) >= 11 is 0. The van der Waals surface area contributed by atoms with Gasteiger partial charge in [0.15, 0.2) is 0 Å². The third-order valence-corrected chi connectivity index (χ3v) is 2.88. The molecule has 0 bridgehead atoms. The molecule has 2 nitrogen and oxygen atoms in total. The molecule has 0 heterocycles. The topological polar surface area (TPSA) is 20.3 Å². The summed E-state index contributed by atoms with van der Waals surface area (Å²) in [6, 6.07) is 11.8. The molecule has 0 atom stereocenters. The van der Waals surface area contributed by atoms with Gasteiger partial charge in [0, 0.05) is 30.2 Å². The van der Waals surface area contributed by atoms with Gasteiger partial charge in [-0.15, -0.1) is 0 Å². The van der Waals surface area contributed by atoms with Gasteiger partial charge in [0.1, 0.15) is 0 Å². The fourth-order valence-corrected chi connectivity index (χ4v) is 1.89. The van der Waals surface area contributed by atoms with E-state index in [2.05, 4.69) is 11.8 Å². The lowest BCUT2D eigenvalue weighted by Crippen LogP contribution is -2.16. The first-order valence-corrected chi connectivity index (χ1v) is 5.39. The molecule has 2 aromatic rings. The lowest BCUT2D eigenvalue weighted by Gasteiger charge is -2.19. The maximum absolute atomic E-state index is 10.9. The summed E-state index contributed by atoms with van der Waals surface area (Å²) in [4.78, 5) is 13.1. The summed E-state index contributed by atoms with van der Waals surface area (Å²) in [6.07, 6.45) is 2.01. The van der Waals surface area contributed by atoms with E-state index in [0.717, 1.165) is 23.0 Å². The summed E-state index contributed by atoms with van der Waals surface area (Å²) in [6.45, 7) is 3.00. The van der Waals surface area contributed by atoms with E-state index in [1.54, 1.807) is 0 Å². The lowest BCUT2D eigenvalue weighted by molar-refractivity contribution is 0.563. The first-order chi connectivity index (χ1) is 7.77. The second kappa shape index (κ2) is 4.35. The van der Waals surface area contributed by atoms with E-state index in [1.807, 2.05) is 49.7 Å². The largest absolute Gasteiger partial charge is 0.374 e. The minimum absolute atomic E-state index is 0.633. The summed E-state index contributed by atoms with van der Waals surface area (Å²) in [5.74, 6) is 0. The predicted molar refractivity (Wildman–Crippen MR) is 67.7 cm³/mol. The van der Waals surface area contributed by atoms with Crippen molar-refractivity contribution in [2.45, 2.75) is 6.92 Å². The Labute approximate surface area is 95.5 Å². The van der Waals surface area contributed by atoms with Crippen LogP contribution < -0.4 is 4.90 Å². The van der Waals surface area contributed by atoms with Crippen molar-refractivity contribution in [3.05, 3.63) is 42.0 Å². The number of benzene rings is 2. The molecule has 0 fully saturated rings. The highest BCUT2D eigenvalue weighted by molar-refractivity contribution is 6.05. The van der Waals surface area contributed by atoms with Crippen LogP contribution >= 0.6 is 0 Å². The molecule has 0 N–H and O–H groups in total. The molecule has 0 unspecified atom stereocenters. The summed E-state index contributed by atoms with van der Waals surface area (Å²) in [5.41, 5.74) is 1.72. The van der Waals surface area contributed by atoms with Crippen LogP contribution in [-0.4, -0.2) is 19.9 Å². The second-order valence-electron chi connectivity index (χ2n) is 3.80. The molecule has 0 aliphatic heterocycles. The van der Waals surface area contributed by atoms with Gasteiger partial charge in [-0.25, -0.2) is 0 Å². The van der Waals surface area contributed by atoms with E-state index in [0.29, 0.717) is 5.56 Å². The van der Waals surface area contributed by atoms with Crippen LogP contribution in [0.5, 0.6) is 0 Å². The molecule has 16 heavy (non-hydrogen) atoms. The SMILES string of the molecule is CCN(C)c1cccc2cccc([C]=O)c12. The van der Waals surface area contributed by atoms with Crippen LogP contribution in [0.2, 0.25) is 0 Å².